The fourth-order valence-electron chi connectivity index (χ4n) is 2.02. The van der Waals surface area contributed by atoms with E-state index in [1.807, 2.05) is 17.8 Å². The standard InChI is InChI=1S/C11H18N2O2/c1-13-6-5-12-10(13)7-11(14,8-15-2)9-3-4-9/h5-6,9,14H,3-4,7-8H2,1-2H3. The van der Waals surface area contributed by atoms with E-state index in [4.69, 9.17) is 4.74 Å². The lowest BCUT2D eigenvalue weighted by Crippen LogP contribution is -2.40. The van der Waals surface area contributed by atoms with E-state index in [1.165, 1.54) is 0 Å². The SMILES string of the molecule is COCC(O)(Cc1nccn1C)C1CC1. The molecule has 1 aromatic rings. The van der Waals surface area contributed by atoms with E-state index in [0.717, 1.165) is 18.7 Å². The minimum absolute atomic E-state index is 0.383. The van der Waals surface area contributed by atoms with Gasteiger partial charge in [-0.25, -0.2) is 4.98 Å². The first-order valence-electron chi connectivity index (χ1n) is 5.33. The number of aliphatic hydroxyl groups is 1. The first kappa shape index (κ1) is 10.6. The summed E-state index contributed by atoms with van der Waals surface area (Å²) in [6.45, 7) is 0.393. The van der Waals surface area contributed by atoms with E-state index in [-0.39, 0.29) is 0 Å². The van der Waals surface area contributed by atoms with Crippen molar-refractivity contribution in [3.8, 4) is 0 Å². The number of rotatable bonds is 5. The van der Waals surface area contributed by atoms with Crippen LogP contribution >= 0.6 is 0 Å². The van der Waals surface area contributed by atoms with Gasteiger partial charge in [0.25, 0.3) is 0 Å². The van der Waals surface area contributed by atoms with Gasteiger partial charge in [-0.3, -0.25) is 0 Å². The molecule has 1 unspecified atom stereocenters. The Morgan fingerprint density at radius 1 is 1.67 bits per heavy atom. The third-order valence-electron chi connectivity index (χ3n) is 3.12. The molecule has 1 aliphatic rings. The Hall–Kier alpha value is -0.870. The van der Waals surface area contributed by atoms with Crippen LogP contribution in [0.3, 0.4) is 0 Å². The Labute approximate surface area is 89.9 Å². The van der Waals surface area contributed by atoms with Gasteiger partial charge in [-0.1, -0.05) is 0 Å². The van der Waals surface area contributed by atoms with Crippen LogP contribution in [0.5, 0.6) is 0 Å². The fourth-order valence-corrected chi connectivity index (χ4v) is 2.02. The van der Waals surface area contributed by atoms with Crippen LogP contribution < -0.4 is 0 Å². The lowest BCUT2D eigenvalue weighted by Gasteiger charge is -2.26. The predicted octanol–water partition coefficient (Wildman–Crippen LogP) is 0.750. The van der Waals surface area contributed by atoms with Gasteiger partial charge in [0.2, 0.25) is 0 Å². The average Bonchev–Trinajstić information content (AvgIpc) is 2.95. The number of aromatic nitrogens is 2. The largest absolute Gasteiger partial charge is 0.387 e. The van der Waals surface area contributed by atoms with Gasteiger partial charge in [-0.05, 0) is 18.8 Å². The Morgan fingerprint density at radius 2 is 2.40 bits per heavy atom. The summed E-state index contributed by atoms with van der Waals surface area (Å²) in [5.74, 6) is 1.30. The van der Waals surface area contributed by atoms with Gasteiger partial charge in [-0.15, -0.1) is 0 Å². The van der Waals surface area contributed by atoms with Crippen molar-refractivity contribution in [2.24, 2.45) is 13.0 Å². The molecule has 0 aliphatic heterocycles. The molecule has 15 heavy (non-hydrogen) atoms. The van der Waals surface area contributed by atoms with E-state index < -0.39 is 5.60 Å². The maximum Gasteiger partial charge on any atom is 0.111 e. The number of hydrogen-bond donors (Lipinski definition) is 1. The molecule has 0 radical (unpaired) electrons. The van der Waals surface area contributed by atoms with Crippen LogP contribution in [0, 0.1) is 5.92 Å². The van der Waals surface area contributed by atoms with Crippen LogP contribution in [-0.4, -0.2) is 34.0 Å². The van der Waals surface area contributed by atoms with Crippen molar-refractivity contribution in [1.29, 1.82) is 0 Å². The quantitative estimate of drug-likeness (QED) is 0.780. The molecule has 0 amide bonds. The monoisotopic (exact) mass is 210 g/mol. The lowest BCUT2D eigenvalue weighted by molar-refractivity contribution is -0.0490. The van der Waals surface area contributed by atoms with E-state index in [0.29, 0.717) is 18.9 Å². The third-order valence-corrected chi connectivity index (χ3v) is 3.12. The van der Waals surface area contributed by atoms with Crippen LogP contribution in [0.1, 0.15) is 18.7 Å². The van der Waals surface area contributed by atoms with Crippen LogP contribution in [0.2, 0.25) is 0 Å². The molecule has 0 spiro atoms. The summed E-state index contributed by atoms with van der Waals surface area (Å²) in [7, 11) is 3.58. The molecule has 1 N–H and O–H groups in total. The minimum Gasteiger partial charge on any atom is -0.387 e. The Bertz CT molecular complexity index is 333. The summed E-state index contributed by atoms with van der Waals surface area (Å²) >= 11 is 0. The molecule has 0 bridgehead atoms. The summed E-state index contributed by atoms with van der Waals surface area (Å²) in [6, 6.07) is 0. The van der Waals surface area contributed by atoms with Crippen LogP contribution in [0.15, 0.2) is 12.4 Å². The summed E-state index contributed by atoms with van der Waals surface area (Å²) in [4.78, 5) is 4.24. The highest BCUT2D eigenvalue weighted by Gasteiger charge is 2.44. The second-order valence-electron chi connectivity index (χ2n) is 4.44. The van der Waals surface area contributed by atoms with Crippen molar-refractivity contribution in [2.75, 3.05) is 13.7 Å². The molecule has 1 aliphatic carbocycles. The van der Waals surface area contributed by atoms with Gasteiger partial charge in [-0.2, -0.15) is 0 Å². The molecule has 1 atom stereocenters. The smallest absolute Gasteiger partial charge is 0.111 e. The number of imidazole rings is 1. The molecular formula is C11H18N2O2. The van der Waals surface area contributed by atoms with Crippen LogP contribution in [0.25, 0.3) is 0 Å². The van der Waals surface area contributed by atoms with Crippen molar-refractivity contribution < 1.29 is 9.84 Å². The van der Waals surface area contributed by atoms with Crippen molar-refractivity contribution in [3.63, 3.8) is 0 Å². The zero-order valence-electron chi connectivity index (χ0n) is 9.31. The number of hydrogen-bond acceptors (Lipinski definition) is 3. The van der Waals surface area contributed by atoms with Crippen LogP contribution in [-0.2, 0) is 18.2 Å². The second kappa shape index (κ2) is 3.94. The minimum atomic E-state index is -0.728. The first-order chi connectivity index (χ1) is 7.15. The van der Waals surface area contributed by atoms with Gasteiger partial charge >= 0.3 is 0 Å². The first-order valence-corrected chi connectivity index (χ1v) is 5.33. The summed E-state index contributed by atoms with van der Waals surface area (Å²) < 4.78 is 7.06. The van der Waals surface area contributed by atoms with Gasteiger partial charge in [0.1, 0.15) is 5.82 Å². The summed E-state index contributed by atoms with van der Waals surface area (Å²) in [5, 5.41) is 10.5. The second-order valence-corrected chi connectivity index (χ2v) is 4.44. The Balaban J connectivity index is 2.09. The van der Waals surface area contributed by atoms with E-state index in [1.54, 1.807) is 13.3 Å². The average molecular weight is 210 g/mol. The van der Waals surface area contributed by atoms with E-state index in [9.17, 15) is 5.11 Å². The summed E-state index contributed by atoms with van der Waals surface area (Å²) in [6.07, 6.45) is 6.44. The lowest BCUT2D eigenvalue weighted by atomic mass is 9.94. The highest BCUT2D eigenvalue weighted by Crippen LogP contribution is 2.41. The maximum atomic E-state index is 10.5. The zero-order valence-corrected chi connectivity index (χ0v) is 9.31. The van der Waals surface area contributed by atoms with Gasteiger partial charge in [0.05, 0.1) is 12.2 Å². The third kappa shape index (κ3) is 2.21. The molecule has 0 saturated heterocycles. The highest BCUT2D eigenvalue weighted by molar-refractivity contribution is 5.04. The highest BCUT2D eigenvalue weighted by atomic mass is 16.5. The predicted molar refractivity (Wildman–Crippen MR) is 56.5 cm³/mol. The molecule has 1 heterocycles. The molecule has 4 nitrogen and oxygen atoms in total. The number of methoxy groups -OCH3 is 1. The number of aryl methyl sites for hydroxylation is 1. The molecule has 1 fully saturated rings. The molecule has 84 valence electrons. The van der Waals surface area contributed by atoms with E-state index in [2.05, 4.69) is 4.98 Å². The van der Waals surface area contributed by atoms with Gasteiger partial charge < -0.3 is 14.4 Å². The molecule has 1 saturated carbocycles. The Kier molecular flexibility index (Phi) is 2.80. The topological polar surface area (TPSA) is 47.3 Å². The Morgan fingerprint density at radius 3 is 2.87 bits per heavy atom. The molecule has 0 aromatic carbocycles. The summed E-state index contributed by atoms with van der Waals surface area (Å²) in [5.41, 5.74) is -0.728. The van der Waals surface area contributed by atoms with Crippen molar-refractivity contribution >= 4 is 0 Å². The maximum absolute atomic E-state index is 10.5. The van der Waals surface area contributed by atoms with Gasteiger partial charge in [0.15, 0.2) is 0 Å². The van der Waals surface area contributed by atoms with Crippen LogP contribution in [0.4, 0.5) is 0 Å². The van der Waals surface area contributed by atoms with Crippen molar-refractivity contribution in [1.82, 2.24) is 9.55 Å². The fraction of sp³-hybridized carbons (Fsp3) is 0.727. The number of ether oxygens (including phenoxy) is 1. The molecular weight excluding hydrogens is 192 g/mol. The van der Waals surface area contributed by atoms with Crippen molar-refractivity contribution in [2.45, 2.75) is 24.9 Å². The number of nitrogens with zero attached hydrogens (tertiary/aromatic N) is 2. The molecule has 1 aromatic heterocycles. The normalized spacial score (nSPS) is 20.2. The molecule has 2 rings (SSSR count). The van der Waals surface area contributed by atoms with E-state index >= 15 is 0 Å². The molecule has 4 heteroatoms. The van der Waals surface area contributed by atoms with Gasteiger partial charge in [0, 0.05) is 33.0 Å². The van der Waals surface area contributed by atoms with Crippen molar-refractivity contribution in [3.05, 3.63) is 18.2 Å². The zero-order chi connectivity index (χ0) is 10.9.